The van der Waals surface area contributed by atoms with Crippen molar-refractivity contribution in [3.05, 3.63) is 0 Å². The topological polar surface area (TPSA) is 21.8 Å². The Morgan fingerprint density at radius 3 is 2.37 bits per heavy atom. The summed E-state index contributed by atoms with van der Waals surface area (Å²) in [6.45, 7) is 14.3. The summed E-state index contributed by atoms with van der Waals surface area (Å²) in [5, 5.41) is 3.55. The van der Waals surface area contributed by atoms with E-state index in [1.165, 1.54) is 52.1 Å². The van der Waals surface area contributed by atoms with E-state index >= 15 is 0 Å². The molecule has 4 heteroatoms. The lowest BCUT2D eigenvalue weighted by Gasteiger charge is -2.37. The molecular formula is C15H34N4. The third kappa shape index (κ3) is 7.25. The first-order chi connectivity index (χ1) is 9.13. The van der Waals surface area contributed by atoms with Crippen LogP contribution in [0.15, 0.2) is 0 Å². The second-order valence-electron chi connectivity index (χ2n) is 6.04. The third-order valence-electron chi connectivity index (χ3n) is 4.18. The zero-order valence-corrected chi connectivity index (χ0v) is 13.5. The van der Waals surface area contributed by atoms with Crippen LogP contribution in [0.3, 0.4) is 0 Å². The third-order valence-corrected chi connectivity index (χ3v) is 4.18. The highest BCUT2D eigenvalue weighted by molar-refractivity contribution is 4.75. The fraction of sp³-hybridized carbons (Fsp3) is 1.00. The smallest absolute Gasteiger partial charge is 0.0113 e. The average molecular weight is 270 g/mol. The van der Waals surface area contributed by atoms with Crippen molar-refractivity contribution in [2.45, 2.75) is 32.7 Å². The Hall–Kier alpha value is -0.160. The predicted molar refractivity (Wildman–Crippen MR) is 83.8 cm³/mol. The summed E-state index contributed by atoms with van der Waals surface area (Å²) < 4.78 is 0. The molecule has 1 saturated heterocycles. The van der Waals surface area contributed by atoms with Crippen molar-refractivity contribution in [2.24, 2.45) is 0 Å². The van der Waals surface area contributed by atoms with Crippen LogP contribution in [-0.4, -0.2) is 87.2 Å². The van der Waals surface area contributed by atoms with Gasteiger partial charge in [0.15, 0.2) is 0 Å². The Labute approximate surface area is 120 Å². The van der Waals surface area contributed by atoms with Crippen LogP contribution < -0.4 is 5.32 Å². The van der Waals surface area contributed by atoms with Gasteiger partial charge in [-0.15, -0.1) is 0 Å². The maximum atomic E-state index is 3.55. The first kappa shape index (κ1) is 16.9. The number of rotatable bonds is 9. The van der Waals surface area contributed by atoms with Crippen LogP contribution in [0.2, 0.25) is 0 Å². The van der Waals surface area contributed by atoms with Gasteiger partial charge in [-0.2, -0.15) is 0 Å². The first-order valence-electron chi connectivity index (χ1n) is 7.95. The van der Waals surface area contributed by atoms with Gasteiger partial charge in [0.05, 0.1) is 0 Å². The van der Waals surface area contributed by atoms with Crippen LogP contribution in [0, 0.1) is 0 Å². The second kappa shape index (κ2) is 9.70. The zero-order valence-electron chi connectivity index (χ0n) is 13.5. The van der Waals surface area contributed by atoms with Crippen molar-refractivity contribution in [1.82, 2.24) is 20.0 Å². The summed E-state index contributed by atoms with van der Waals surface area (Å²) in [4.78, 5) is 7.47. The zero-order chi connectivity index (χ0) is 14.1. The Kier molecular flexibility index (Phi) is 8.62. The van der Waals surface area contributed by atoms with Gasteiger partial charge in [-0.25, -0.2) is 0 Å². The maximum absolute atomic E-state index is 3.55. The van der Waals surface area contributed by atoms with Gasteiger partial charge in [0, 0.05) is 45.3 Å². The standard InChI is InChI=1S/C15H34N4/c1-5-15(2)19-13-11-18(12-14-19)10-8-16-7-6-9-17(3)4/h15-16H,5-14H2,1-4H3. The van der Waals surface area contributed by atoms with E-state index in [-0.39, 0.29) is 0 Å². The van der Waals surface area contributed by atoms with Gasteiger partial charge < -0.3 is 10.2 Å². The molecule has 1 unspecified atom stereocenters. The van der Waals surface area contributed by atoms with Crippen LogP contribution in [0.5, 0.6) is 0 Å². The molecule has 4 nitrogen and oxygen atoms in total. The minimum atomic E-state index is 0.756. The van der Waals surface area contributed by atoms with Gasteiger partial charge in [-0.1, -0.05) is 6.92 Å². The van der Waals surface area contributed by atoms with Crippen molar-refractivity contribution in [2.75, 3.05) is 66.5 Å². The van der Waals surface area contributed by atoms with Crippen molar-refractivity contribution in [1.29, 1.82) is 0 Å². The number of hydrogen-bond donors (Lipinski definition) is 1. The van der Waals surface area contributed by atoms with E-state index in [9.17, 15) is 0 Å². The van der Waals surface area contributed by atoms with Crippen molar-refractivity contribution < 1.29 is 0 Å². The van der Waals surface area contributed by atoms with Crippen LogP contribution in [-0.2, 0) is 0 Å². The number of piperazine rings is 1. The Balaban J connectivity index is 1.98. The van der Waals surface area contributed by atoms with Crippen molar-refractivity contribution in [3.63, 3.8) is 0 Å². The molecule has 1 heterocycles. The first-order valence-corrected chi connectivity index (χ1v) is 7.95. The number of nitrogens with one attached hydrogen (secondary N) is 1. The minimum Gasteiger partial charge on any atom is -0.315 e. The molecule has 0 aromatic heterocycles. The van der Waals surface area contributed by atoms with Gasteiger partial charge in [-0.3, -0.25) is 9.80 Å². The van der Waals surface area contributed by atoms with E-state index < -0.39 is 0 Å². The molecule has 1 aliphatic heterocycles. The molecule has 0 aromatic carbocycles. The summed E-state index contributed by atoms with van der Waals surface area (Å²) >= 11 is 0. The fourth-order valence-electron chi connectivity index (χ4n) is 2.57. The molecule has 1 atom stereocenters. The molecule has 0 aliphatic carbocycles. The molecule has 1 aliphatic rings. The Morgan fingerprint density at radius 2 is 1.79 bits per heavy atom. The highest BCUT2D eigenvalue weighted by Gasteiger charge is 2.19. The molecule has 19 heavy (non-hydrogen) atoms. The summed E-state index contributed by atoms with van der Waals surface area (Å²) in [6, 6.07) is 0.756. The van der Waals surface area contributed by atoms with Gasteiger partial charge in [0.2, 0.25) is 0 Å². The lowest BCUT2D eigenvalue weighted by Crippen LogP contribution is -2.50. The highest BCUT2D eigenvalue weighted by Crippen LogP contribution is 2.07. The van der Waals surface area contributed by atoms with E-state index in [2.05, 4.69) is 48.0 Å². The minimum absolute atomic E-state index is 0.756. The maximum Gasteiger partial charge on any atom is 0.0113 e. The molecule has 1 N–H and O–H groups in total. The number of nitrogens with zero attached hydrogens (tertiary/aromatic N) is 3. The quantitative estimate of drug-likeness (QED) is 0.630. The van der Waals surface area contributed by atoms with Gasteiger partial charge in [-0.05, 0) is 47.0 Å². The van der Waals surface area contributed by atoms with Crippen LogP contribution in [0.25, 0.3) is 0 Å². The van der Waals surface area contributed by atoms with E-state index in [0.717, 1.165) is 19.1 Å². The molecular weight excluding hydrogens is 236 g/mol. The van der Waals surface area contributed by atoms with Crippen LogP contribution in [0.4, 0.5) is 0 Å². The predicted octanol–water partition coefficient (Wildman–Crippen LogP) is 0.944. The van der Waals surface area contributed by atoms with E-state index in [1.807, 2.05) is 0 Å². The van der Waals surface area contributed by atoms with Crippen LogP contribution >= 0.6 is 0 Å². The monoisotopic (exact) mass is 270 g/mol. The molecule has 0 bridgehead atoms. The van der Waals surface area contributed by atoms with E-state index in [4.69, 9.17) is 0 Å². The average Bonchev–Trinajstić information content (AvgIpc) is 2.42. The molecule has 1 fully saturated rings. The van der Waals surface area contributed by atoms with Crippen LogP contribution in [0.1, 0.15) is 26.7 Å². The summed E-state index contributed by atoms with van der Waals surface area (Å²) in [5.41, 5.74) is 0. The summed E-state index contributed by atoms with van der Waals surface area (Å²) in [6.07, 6.45) is 2.52. The molecule has 1 rings (SSSR count). The summed E-state index contributed by atoms with van der Waals surface area (Å²) in [7, 11) is 4.27. The number of hydrogen-bond acceptors (Lipinski definition) is 4. The fourth-order valence-corrected chi connectivity index (χ4v) is 2.57. The molecule has 0 saturated carbocycles. The lowest BCUT2D eigenvalue weighted by molar-refractivity contribution is 0.101. The molecule has 0 spiro atoms. The Morgan fingerprint density at radius 1 is 1.11 bits per heavy atom. The molecule has 114 valence electrons. The Bertz CT molecular complexity index is 212. The van der Waals surface area contributed by atoms with Gasteiger partial charge in [0.25, 0.3) is 0 Å². The van der Waals surface area contributed by atoms with Crippen molar-refractivity contribution >= 4 is 0 Å². The molecule has 0 aromatic rings. The highest BCUT2D eigenvalue weighted by atomic mass is 15.3. The van der Waals surface area contributed by atoms with E-state index in [0.29, 0.717) is 0 Å². The molecule has 0 amide bonds. The second-order valence-corrected chi connectivity index (χ2v) is 6.04. The van der Waals surface area contributed by atoms with E-state index in [1.54, 1.807) is 0 Å². The normalized spacial score (nSPS) is 20.1. The molecule has 0 radical (unpaired) electrons. The lowest BCUT2D eigenvalue weighted by atomic mass is 10.2. The largest absolute Gasteiger partial charge is 0.315 e. The SMILES string of the molecule is CCC(C)N1CCN(CCNCCCN(C)C)CC1. The van der Waals surface area contributed by atoms with Gasteiger partial charge in [0.1, 0.15) is 0 Å². The summed E-state index contributed by atoms with van der Waals surface area (Å²) in [5.74, 6) is 0. The van der Waals surface area contributed by atoms with Gasteiger partial charge >= 0.3 is 0 Å². The van der Waals surface area contributed by atoms with Crippen molar-refractivity contribution in [3.8, 4) is 0 Å².